The van der Waals surface area contributed by atoms with Crippen LogP contribution in [0.15, 0.2) is 23.1 Å². The Labute approximate surface area is 131 Å². The lowest BCUT2D eigenvalue weighted by Crippen LogP contribution is -2.27. The molecule has 5 nitrogen and oxygen atoms in total. The van der Waals surface area contributed by atoms with Crippen molar-refractivity contribution in [1.82, 2.24) is 10.0 Å². The van der Waals surface area contributed by atoms with Crippen LogP contribution in [0.4, 0.5) is 0 Å². The predicted molar refractivity (Wildman–Crippen MR) is 83.0 cm³/mol. The SMILES string of the molecule is CNCc1ccc(Cl)c(S(=O)(=O)NCCC2CCCO2)c1. The minimum absolute atomic E-state index is 0.129. The minimum Gasteiger partial charge on any atom is -0.378 e. The van der Waals surface area contributed by atoms with Crippen molar-refractivity contribution in [2.24, 2.45) is 0 Å². The van der Waals surface area contributed by atoms with Crippen LogP contribution in [0, 0.1) is 0 Å². The van der Waals surface area contributed by atoms with E-state index in [2.05, 4.69) is 10.0 Å². The summed E-state index contributed by atoms with van der Waals surface area (Å²) in [4.78, 5) is 0.129. The lowest BCUT2D eigenvalue weighted by Gasteiger charge is -2.12. The second-order valence-electron chi connectivity index (χ2n) is 5.12. The van der Waals surface area contributed by atoms with Crippen LogP contribution in [-0.4, -0.2) is 34.7 Å². The maximum atomic E-state index is 12.3. The average molecular weight is 333 g/mol. The van der Waals surface area contributed by atoms with Gasteiger partial charge in [0.25, 0.3) is 0 Å². The van der Waals surface area contributed by atoms with Gasteiger partial charge < -0.3 is 10.1 Å². The summed E-state index contributed by atoms with van der Waals surface area (Å²) in [7, 11) is -1.78. The summed E-state index contributed by atoms with van der Waals surface area (Å²) in [5.74, 6) is 0. The summed E-state index contributed by atoms with van der Waals surface area (Å²) >= 11 is 6.02. The van der Waals surface area contributed by atoms with Gasteiger partial charge in [0, 0.05) is 19.7 Å². The highest BCUT2D eigenvalue weighted by atomic mass is 35.5. The highest BCUT2D eigenvalue weighted by Gasteiger charge is 2.20. The average Bonchev–Trinajstić information content (AvgIpc) is 2.94. The van der Waals surface area contributed by atoms with Crippen molar-refractivity contribution in [3.63, 3.8) is 0 Å². The fourth-order valence-electron chi connectivity index (χ4n) is 2.37. The number of benzene rings is 1. The molecule has 1 atom stereocenters. The molecule has 21 heavy (non-hydrogen) atoms. The van der Waals surface area contributed by atoms with Gasteiger partial charge in [-0.15, -0.1) is 0 Å². The quantitative estimate of drug-likeness (QED) is 0.800. The summed E-state index contributed by atoms with van der Waals surface area (Å²) in [5.41, 5.74) is 0.876. The smallest absolute Gasteiger partial charge is 0.242 e. The Bertz CT molecular complexity index is 572. The third-order valence-electron chi connectivity index (χ3n) is 3.45. The molecule has 2 N–H and O–H groups in total. The number of ether oxygens (including phenoxy) is 1. The number of nitrogens with one attached hydrogen (secondary N) is 2. The van der Waals surface area contributed by atoms with Crippen LogP contribution in [-0.2, 0) is 21.3 Å². The first-order chi connectivity index (χ1) is 10.0. The Morgan fingerprint density at radius 2 is 2.24 bits per heavy atom. The van der Waals surface area contributed by atoms with Gasteiger partial charge in [0.05, 0.1) is 11.1 Å². The summed E-state index contributed by atoms with van der Waals surface area (Å²) in [6.07, 6.45) is 2.90. The molecular formula is C14H21ClN2O3S. The topological polar surface area (TPSA) is 67.4 Å². The monoisotopic (exact) mass is 332 g/mol. The number of halogens is 1. The van der Waals surface area contributed by atoms with E-state index >= 15 is 0 Å². The van der Waals surface area contributed by atoms with Crippen molar-refractivity contribution in [1.29, 1.82) is 0 Å². The van der Waals surface area contributed by atoms with Crippen LogP contribution in [0.1, 0.15) is 24.8 Å². The van der Waals surface area contributed by atoms with E-state index in [-0.39, 0.29) is 16.0 Å². The van der Waals surface area contributed by atoms with Gasteiger partial charge in [-0.1, -0.05) is 17.7 Å². The molecule has 1 aromatic rings. The van der Waals surface area contributed by atoms with Crippen molar-refractivity contribution >= 4 is 21.6 Å². The van der Waals surface area contributed by atoms with Gasteiger partial charge in [0.15, 0.2) is 0 Å². The van der Waals surface area contributed by atoms with Gasteiger partial charge in [-0.3, -0.25) is 0 Å². The van der Waals surface area contributed by atoms with Crippen molar-refractivity contribution in [3.05, 3.63) is 28.8 Å². The summed E-state index contributed by atoms with van der Waals surface area (Å²) < 4.78 is 32.7. The third-order valence-corrected chi connectivity index (χ3v) is 5.39. The van der Waals surface area contributed by atoms with Gasteiger partial charge in [-0.05, 0) is 44.0 Å². The highest BCUT2D eigenvalue weighted by Crippen LogP contribution is 2.23. The fraction of sp³-hybridized carbons (Fsp3) is 0.571. The molecule has 1 unspecified atom stereocenters. The molecule has 2 rings (SSSR count). The fourth-order valence-corrected chi connectivity index (χ4v) is 3.97. The molecule has 7 heteroatoms. The lowest BCUT2D eigenvalue weighted by atomic mass is 10.2. The van der Waals surface area contributed by atoms with E-state index in [9.17, 15) is 8.42 Å². The van der Waals surface area contributed by atoms with E-state index in [0.717, 1.165) is 25.0 Å². The van der Waals surface area contributed by atoms with Crippen LogP contribution in [0.5, 0.6) is 0 Å². The number of hydrogen-bond donors (Lipinski definition) is 2. The molecule has 0 aromatic heterocycles. The third kappa shape index (κ3) is 4.66. The molecule has 1 saturated heterocycles. The van der Waals surface area contributed by atoms with Crippen LogP contribution in [0.25, 0.3) is 0 Å². The molecule has 1 fully saturated rings. The standard InChI is InChI=1S/C14H21ClN2O3S/c1-16-10-11-4-5-13(15)14(9-11)21(18,19)17-7-6-12-3-2-8-20-12/h4-5,9,12,16-17H,2-3,6-8,10H2,1H3. The maximum Gasteiger partial charge on any atom is 0.242 e. The van der Waals surface area contributed by atoms with Crippen LogP contribution in [0.3, 0.4) is 0 Å². The molecule has 0 bridgehead atoms. The molecule has 0 saturated carbocycles. The highest BCUT2D eigenvalue weighted by molar-refractivity contribution is 7.89. The second kappa shape index (κ2) is 7.56. The van der Waals surface area contributed by atoms with E-state index in [1.54, 1.807) is 12.1 Å². The Balaban J connectivity index is 2.02. The van der Waals surface area contributed by atoms with Gasteiger partial charge in [0.1, 0.15) is 4.90 Å². The zero-order valence-corrected chi connectivity index (χ0v) is 13.6. The Morgan fingerprint density at radius 1 is 1.43 bits per heavy atom. The van der Waals surface area contributed by atoms with E-state index < -0.39 is 10.0 Å². The molecule has 1 aromatic carbocycles. The van der Waals surface area contributed by atoms with Gasteiger partial charge in [-0.2, -0.15) is 0 Å². The number of rotatable bonds is 7. The summed E-state index contributed by atoms with van der Waals surface area (Å²) in [5, 5.41) is 3.22. The van der Waals surface area contributed by atoms with Gasteiger partial charge in [0.2, 0.25) is 10.0 Å². The molecule has 0 spiro atoms. The van der Waals surface area contributed by atoms with E-state index in [1.807, 2.05) is 13.1 Å². The Morgan fingerprint density at radius 3 is 2.90 bits per heavy atom. The molecular weight excluding hydrogens is 312 g/mol. The van der Waals surface area contributed by atoms with Gasteiger partial charge in [-0.25, -0.2) is 13.1 Å². The first-order valence-electron chi connectivity index (χ1n) is 7.07. The normalized spacial score (nSPS) is 19.0. The van der Waals surface area contributed by atoms with E-state index in [4.69, 9.17) is 16.3 Å². The summed E-state index contributed by atoms with van der Waals surface area (Å²) in [6.45, 7) is 1.73. The van der Waals surface area contributed by atoms with Crippen molar-refractivity contribution < 1.29 is 13.2 Å². The minimum atomic E-state index is -3.59. The number of hydrogen-bond acceptors (Lipinski definition) is 4. The first-order valence-corrected chi connectivity index (χ1v) is 8.93. The van der Waals surface area contributed by atoms with Crippen LogP contribution < -0.4 is 10.0 Å². The zero-order chi connectivity index (χ0) is 15.3. The molecule has 1 heterocycles. The molecule has 0 amide bonds. The molecule has 0 aliphatic carbocycles. The van der Waals surface area contributed by atoms with E-state index in [0.29, 0.717) is 19.5 Å². The van der Waals surface area contributed by atoms with Crippen molar-refractivity contribution in [2.75, 3.05) is 20.2 Å². The molecule has 1 aliphatic rings. The largest absolute Gasteiger partial charge is 0.378 e. The molecule has 1 aliphatic heterocycles. The maximum absolute atomic E-state index is 12.3. The molecule has 0 radical (unpaired) electrons. The molecule has 118 valence electrons. The van der Waals surface area contributed by atoms with Crippen LogP contribution >= 0.6 is 11.6 Å². The van der Waals surface area contributed by atoms with Crippen molar-refractivity contribution in [3.8, 4) is 0 Å². The zero-order valence-electron chi connectivity index (χ0n) is 12.1. The lowest BCUT2D eigenvalue weighted by molar-refractivity contribution is 0.105. The number of sulfonamides is 1. The van der Waals surface area contributed by atoms with E-state index in [1.165, 1.54) is 0 Å². The van der Waals surface area contributed by atoms with Crippen molar-refractivity contribution in [2.45, 2.75) is 36.8 Å². The Hall–Kier alpha value is -0.660. The first kappa shape index (κ1) is 16.7. The summed E-state index contributed by atoms with van der Waals surface area (Å²) in [6, 6.07) is 5.03. The predicted octanol–water partition coefficient (Wildman–Crippen LogP) is 1.91. The Kier molecular flexibility index (Phi) is 6.01. The van der Waals surface area contributed by atoms with Gasteiger partial charge >= 0.3 is 0 Å². The van der Waals surface area contributed by atoms with Crippen LogP contribution in [0.2, 0.25) is 5.02 Å². The second-order valence-corrected chi connectivity index (χ2v) is 7.26.